The zero-order valence-corrected chi connectivity index (χ0v) is 20.5. The Morgan fingerprint density at radius 1 is 0.921 bits per heavy atom. The standard InChI is InChI=1S/C26H19F3N6O2S/c1-37-25-32-10-15(11-33-25)19-12-31-23(30)21-20(13-38-22(19)21)14-5-7-17(8-6-14)34-24(36)35-18-4-2-3-16(9-18)26(27,28)29/h2-13H,1H3,(H2,30,31)(H2,34,35,36). The Balaban J connectivity index is 1.36. The van der Waals surface area contributed by atoms with Crippen LogP contribution in [0.4, 0.5) is 35.2 Å². The van der Waals surface area contributed by atoms with Gasteiger partial charge in [0, 0.05) is 56.7 Å². The summed E-state index contributed by atoms with van der Waals surface area (Å²) in [4.78, 5) is 25.0. The lowest BCUT2D eigenvalue weighted by atomic mass is 10.0. The Bertz CT molecular complexity index is 1620. The highest BCUT2D eigenvalue weighted by atomic mass is 32.1. The number of nitrogen functional groups attached to an aromatic ring is 1. The number of carbonyl (C=O) groups is 1. The number of urea groups is 1. The minimum Gasteiger partial charge on any atom is -0.467 e. The Morgan fingerprint density at radius 3 is 2.32 bits per heavy atom. The molecule has 0 aliphatic rings. The van der Waals surface area contributed by atoms with E-state index in [1.165, 1.54) is 30.6 Å². The normalized spacial score (nSPS) is 11.4. The smallest absolute Gasteiger partial charge is 0.416 e. The van der Waals surface area contributed by atoms with Gasteiger partial charge in [0.2, 0.25) is 0 Å². The van der Waals surface area contributed by atoms with Crippen molar-refractivity contribution in [1.82, 2.24) is 15.0 Å². The number of alkyl halides is 3. The quantitative estimate of drug-likeness (QED) is 0.231. The number of fused-ring (bicyclic) bond motifs is 1. The molecule has 8 nitrogen and oxygen atoms in total. The number of amides is 2. The number of benzene rings is 2. The highest BCUT2D eigenvalue weighted by Gasteiger charge is 2.30. The molecule has 0 spiro atoms. The Morgan fingerprint density at radius 2 is 1.63 bits per heavy atom. The molecule has 3 heterocycles. The second-order valence-corrected chi connectivity index (χ2v) is 8.98. The van der Waals surface area contributed by atoms with Crippen LogP contribution in [0.15, 0.2) is 72.5 Å². The number of methoxy groups -OCH3 is 1. The van der Waals surface area contributed by atoms with Gasteiger partial charge in [-0.05, 0) is 41.3 Å². The molecule has 4 N–H and O–H groups in total. The second-order valence-electron chi connectivity index (χ2n) is 8.10. The topological polar surface area (TPSA) is 115 Å². The van der Waals surface area contributed by atoms with Crippen LogP contribution >= 0.6 is 11.3 Å². The van der Waals surface area contributed by atoms with Gasteiger partial charge in [-0.2, -0.15) is 13.2 Å². The number of nitrogens with zero attached hydrogens (tertiary/aromatic N) is 3. The molecule has 38 heavy (non-hydrogen) atoms. The molecule has 0 atom stereocenters. The van der Waals surface area contributed by atoms with Gasteiger partial charge in [-0.15, -0.1) is 11.3 Å². The molecule has 2 aromatic carbocycles. The maximum atomic E-state index is 12.9. The summed E-state index contributed by atoms with van der Waals surface area (Å²) in [6, 6.07) is 11.0. The number of carbonyl (C=O) groups excluding carboxylic acids is 1. The van der Waals surface area contributed by atoms with Gasteiger partial charge in [-0.3, -0.25) is 0 Å². The Labute approximate surface area is 218 Å². The molecule has 12 heteroatoms. The molecule has 192 valence electrons. The molecule has 5 aromatic rings. The van der Waals surface area contributed by atoms with E-state index in [-0.39, 0.29) is 11.7 Å². The fourth-order valence-corrected chi connectivity index (χ4v) is 4.97. The zero-order chi connectivity index (χ0) is 26.9. The third-order valence-electron chi connectivity index (χ3n) is 5.65. The lowest BCUT2D eigenvalue weighted by Gasteiger charge is -2.11. The number of nitrogens with two attached hydrogens (primary N) is 1. The number of anilines is 3. The van der Waals surface area contributed by atoms with Crippen LogP contribution in [0.2, 0.25) is 0 Å². The fraction of sp³-hybridized carbons (Fsp3) is 0.0769. The summed E-state index contributed by atoms with van der Waals surface area (Å²) >= 11 is 1.51. The first-order valence-corrected chi connectivity index (χ1v) is 12.0. The molecule has 0 saturated carbocycles. The van der Waals surface area contributed by atoms with Crippen molar-refractivity contribution in [3.8, 4) is 28.3 Å². The van der Waals surface area contributed by atoms with Crippen molar-refractivity contribution in [1.29, 1.82) is 0 Å². The van der Waals surface area contributed by atoms with Crippen molar-refractivity contribution in [3.63, 3.8) is 0 Å². The van der Waals surface area contributed by atoms with Crippen molar-refractivity contribution >= 4 is 44.6 Å². The van der Waals surface area contributed by atoms with Crippen molar-refractivity contribution in [2.24, 2.45) is 0 Å². The van der Waals surface area contributed by atoms with E-state index in [2.05, 4.69) is 25.6 Å². The number of nitrogens with one attached hydrogen (secondary N) is 2. The van der Waals surface area contributed by atoms with E-state index in [1.807, 2.05) is 17.5 Å². The molecule has 3 aromatic heterocycles. The van der Waals surface area contributed by atoms with Gasteiger partial charge in [0.05, 0.1) is 12.7 Å². The van der Waals surface area contributed by atoms with Gasteiger partial charge in [-0.25, -0.2) is 19.7 Å². The number of aromatic nitrogens is 3. The minimum atomic E-state index is -4.50. The van der Waals surface area contributed by atoms with Crippen molar-refractivity contribution in [2.75, 3.05) is 23.5 Å². The molecule has 0 saturated heterocycles. The molecule has 0 unspecified atom stereocenters. The van der Waals surface area contributed by atoms with E-state index in [0.29, 0.717) is 11.5 Å². The van der Waals surface area contributed by atoms with E-state index < -0.39 is 17.8 Å². The number of thiophene rings is 1. The van der Waals surface area contributed by atoms with Gasteiger partial charge in [0.15, 0.2) is 0 Å². The molecular weight excluding hydrogens is 517 g/mol. The summed E-state index contributed by atoms with van der Waals surface area (Å²) in [7, 11) is 1.49. The molecule has 0 radical (unpaired) electrons. The summed E-state index contributed by atoms with van der Waals surface area (Å²) in [5, 5.41) is 7.79. The maximum Gasteiger partial charge on any atom is 0.416 e. The lowest BCUT2D eigenvalue weighted by molar-refractivity contribution is -0.137. The average molecular weight is 537 g/mol. The van der Waals surface area contributed by atoms with Crippen LogP contribution in [0.3, 0.4) is 0 Å². The molecule has 0 fully saturated rings. The first-order chi connectivity index (χ1) is 18.2. The van der Waals surface area contributed by atoms with E-state index in [9.17, 15) is 18.0 Å². The van der Waals surface area contributed by atoms with E-state index in [0.717, 1.165) is 44.5 Å². The van der Waals surface area contributed by atoms with Gasteiger partial charge < -0.3 is 21.1 Å². The largest absolute Gasteiger partial charge is 0.467 e. The predicted octanol–water partition coefficient (Wildman–Crippen LogP) is 6.67. The maximum absolute atomic E-state index is 12.9. The lowest BCUT2D eigenvalue weighted by Crippen LogP contribution is -2.19. The molecule has 0 bridgehead atoms. The summed E-state index contributed by atoms with van der Waals surface area (Å²) in [6.45, 7) is 0. The predicted molar refractivity (Wildman–Crippen MR) is 141 cm³/mol. The highest BCUT2D eigenvalue weighted by Crippen LogP contribution is 2.41. The molecule has 0 aliphatic carbocycles. The average Bonchev–Trinajstić information content (AvgIpc) is 3.35. The van der Waals surface area contributed by atoms with Gasteiger partial charge in [-0.1, -0.05) is 18.2 Å². The third kappa shape index (κ3) is 5.06. The number of halogens is 3. The van der Waals surface area contributed by atoms with Crippen LogP contribution in [0.1, 0.15) is 5.56 Å². The van der Waals surface area contributed by atoms with Gasteiger partial charge in [0.25, 0.3) is 0 Å². The number of rotatable bonds is 5. The molecule has 5 rings (SSSR count). The van der Waals surface area contributed by atoms with Crippen LogP contribution in [0, 0.1) is 0 Å². The highest BCUT2D eigenvalue weighted by molar-refractivity contribution is 7.18. The number of hydrogen-bond acceptors (Lipinski definition) is 7. The molecule has 2 amide bonds. The Kier molecular flexibility index (Phi) is 6.55. The zero-order valence-electron chi connectivity index (χ0n) is 19.7. The van der Waals surface area contributed by atoms with Crippen LogP contribution in [-0.2, 0) is 6.18 Å². The van der Waals surface area contributed by atoms with E-state index in [1.54, 1.807) is 30.7 Å². The van der Waals surface area contributed by atoms with E-state index >= 15 is 0 Å². The number of pyridine rings is 1. The molecular formula is C26H19F3N6O2S. The summed E-state index contributed by atoms with van der Waals surface area (Å²) in [5.41, 5.74) is 9.19. The van der Waals surface area contributed by atoms with Crippen molar-refractivity contribution < 1.29 is 22.7 Å². The van der Waals surface area contributed by atoms with Crippen LogP contribution in [0.5, 0.6) is 6.01 Å². The van der Waals surface area contributed by atoms with Gasteiger partial charge >= 0.3 is 18.2 Å². The van der Waals surface area contributed by atoms with Gasteiger partial charge in [0.1, 0.15) is 5.82 Å². The van der Waals surface area contributed by atoms with Crippen LogP contribution in [0.25, 0.3) is 32.3 Å². The third-order valence-corrected chi connectivity index (χ3v) is 6.66. The Hall–Kier alpha value is -4.71. The van der Waals surface area contributed by atoms with Crippen molar-refractivity contribution in [3.05, 3.63) is 78.1 Å². The fourth-order valence-electron chi connectivity index (χ4n) is 3.85. The SMILES string of the molecule is COc1ncc(-c2cnc(N)c3c(-c4ccc(NC(=O)Nc5cccc(C(F)(F)F)c5)cc4)csc23)cn1. The second kappa shape index (κ2) is 9.98. The molecule has 0 aliphatic heterocycles. The minimum absolute atomic E-state index is 0.0275. The number of hydrogen-bond donors (Lipinski definition) is 3. The monoisotopic (exact) mass is 536 g/mol. The van der Waals surface area contributed by atoms with Crippen molar-refractivity contribution in [2.45, 2.75) is 6.18 Å². The summed E-state index contributed by atoms with van der Waals surface area (Å²) < 4.78 is 44.7. The first-order valence-electron chi connectivity index (χ1n) is 11.1. The summed E-state index contributed by atoms with van der Waals surface area (Å²) in [6.07, 6.45) is 0.489. The first kappa shape index (κ1) is 25.0. The summed E-state index contributed by atoms with van der Waals surface area (Å²) in [5.74, 6) is 0.372. The van der Waals surface area contributed by atoms with E-state index in [4.69, 9.17) is 10.5 Å². The van der Waals surface area contributed by atoms with Crippen LogP contribution < -0.4 is 21.1 Å². The van der Waals surface area contributed by atoms with Crippen LogP contribution in [-0.4, -0.2) is 28.1 Å². The number of ether oxygens (including phenoxy) is 1.